The molecule has 1 spiro atoms. The van der Waals surface area contributed by atoms with Gasteiger partial charge in [-0.3, -0.25) is 14.4 Å². The number of likely N-dealkylation sites (N-methyl/N-ethyl adjacent to an activating group) is 1. The third-order valence-corrected chi connectivity index (χ3v) is 9.22. The number of fused-ring (bicyclic) bond motifs is 1. The van der Waals surface area contributed by atoms with E-state index in [9.17, 15) is 19.5 Å². The maximum absolute atomic E-state index is 14.7. The predicted molar refractivity (Wildman–Crippen MR) is 151 cm³/mol. The third-order valence-electron chi connectivity index (χ3n) is 8.92. The summed E-state index contributed by atoms with van der Waals surface area (Å²) in [4.78, 5) is 47.4. The van der Waals surface area contributed by atoms with E-state index < -0.39 is 35.6 Å². The minimum Gasteiger partial charge on any atom is -0.394 e. The van der Waals surface area contributed by atoms with Crippen molar-refractivity contribution >= 4 is 35.0 Å². The van der Waals surface area contributed by atoms with Gasteiger partial charge in [0.25, 0.3) is 5.91 Å². The smallest absolute Gasteiger partial charge is 0.253 e. The number of aryl methyl sites for hydroxylation is 1. The Hall–Kier alpha value is -2.68. The molecule has 0 saturated carbocycles. The number of hydrogen-bond acceptors (Lipinski definition) is 5. The predicted octanol–water partition coefficient (Wildman–Crippen LogP) is 3.59. The standard InChI is InChI=1S/C30H40ClN3O5/c1-7-15-32(6)27(36)23-22-13-14-30(39-22)24(23)28(37)34(21(17-35)18(4)9-3)26(30)29(38)33(16-8-2)25-19(5)11-10-12-20(25)31/h7-8,10-12,18,21-24,26,35H,1-2,9,13-17H2,3-6H3/t18-,21-,22+,23-,24-,26?,30?/m0/s1. The van der Waals surface area contributed by atoms with Crippen molar-refractivity contribution in [2.45, 2.75) is 63.8 Å². The van der Waals surface area contributed by atoms with Gasteiger partial charge in [-0.25, -0.2) is 0 Å². The average molecular weight is 558 g/mol. The van der Waals surface area contributed by atoms with Crippen LogP contribution in [-0.2, 0) is 19.1 Å². The monoisotopic (exact) mass is 557 g/mol. The molecular formula is C30H40ClN3O5. The minimum absolute atomic E-state index is 0.0887. The van der Waals surface area contributed by atoms with Gasteiger partial charge in [0.15, 0.2) is 0 Å². The van der Waals surface area contributed by atoms with Crippen LogP contribution in [0.15, 0.2) is 43.5 Å². The van der Waals surface area contributed by atoms with E-state index in [1.807, 2.05) is 32.9 Å². The van der Waals surface area contributed by atoms with Crippen molar-refractivity contribution in [2.24, 2.45) is 17.8 Å². The molecule has 8 nitrogen and oxygen atoms in total. The van der Waals surface area contributed by atoms with Gasteiger partial charge in [-0.1, -0.05) is 56.2 Å². The number of rotatable bonds is 11. The number of likely N-dealkylation sites (tertiary alicyclic amines) is 1. The van der Waals surface area contributed by atoms with E-state index in [2.05, 4.69) is 13.2 Å². The number of halogens is 1. The van der Waals surface area contributed by atoms with Crippen molar-refractivity contribution in [1.82, 2.24) is 9.80 Å². The number of aliphatic hydroxyl groups is 1. The lowest BCUT2D eigenvalue weighted by Gasteiger charge is -2.41. The molecule has 9 heteroatoms. The first kappa shape index (κ1) is 29.3. The summed E-state index contributed by atoms with van der Waals surface area (Å²) < 4.78 is 6.59. The molecule has 0 aliphatic carbocycles. The molecule has 2 unspecified atom stereocenters. The number of hydrogen-bond donors (Lipinski definition) is 1. The molecule has 1 aromatic rings. The van der Waals surface area contributed by atoms with E-state index in [-0.39, 0.29) is 36.8 Å². The van der Waals surface area contributed by atoms with Gasteiger partial charge in [0, 0.05) is 20.1 Å². The molecule has 39 heavy (non-hydrogen) atoms. The van der Waals surface area contributed by atoms with Crippen LogP contribution < -0.4 is 4.90 Å². The number of carbonyl (C=O) groups is 3. The topological polar surface area (TPSA) is 90.4 Å². The van der Waals surface area contributed by atoms with E-state index in [1.54, 1.807) is 40.0 Å². The Balaban J connectivity index is 1.87. The van der Waals surface area contributed by atoms with Gasteiger partial charge in [-0.05, 0) is 37.3 Å². The van der Waals surface area contributed by atoms with Crippen molar-refractivity contribution in [2.75, 3.05) is 31.6 Å². The molecule has 7 atom stereocenters. The fraction of sp³-hybridized carbons (Fsp3) is 0.567. The van der Waals surface area contributed by atoms with Crippen LogP contribution in [0.5, 0.6) is 0 Å². The van der Waals surface area contributed by atoms with E-state index in [1.165, 1.54) is 0 Å². The molecule has 0 aromatic heterocycles. The molecule has 2 bridgehead atoms. The molecule has 3 aliphatic heterocycles. The third kappa shape index (κ3) is 4.60. The Morgan fingerprint density at radius 3 is 2.56 bits per heavy atom. The molecule has 3 aliphatic rings. The lowest BCUT2D eigenvalue weighted by molar-refractivity contribution is -0.148. The SMILES string of the molecule is C=CCN(C)C(=O)[C@@H]1[C@H]2C(=O)N([C@@H](CO)[C@@H](C)CC)C(C(=O)N(CC=C)c3c(C)cccc3Cl)C23CC[C@H]1O3. The summed E-state index contributed by atoms with van der Waals surface area (Å²) in [5.74, 6) is -2.47. The number of nitrogens with zero attached hydrogens (tertiary/aromatic N) is 3. The Morgan fingerprint density at radius 1 is 1.28 bits per heavy atom. The number of carbonyl (C=O) groups excluding carboxylic acids is 3. The van der Waals surface area contributed by atoms with E-state index in [4.69, 9.17) is 16.3 Å². The molecular weight excluding hydrogens is 518 g/mol. The summed E-state index contributed by atoms with van der Waals surface area (Å²) >= 11 is 6.62. The minimum atomic E-state index is -1.18. The fourth-order valence-electron chi connectivity index (χ4n) is 6.89. The summed E-state index contributed by atoms with van der Waals surface area (Å²) in [6.45, 7) is 13.6. The highest BCUT2D eigenvalue weighted by Crippen LogP contribution is 2.59. The van der Waals surface area contributed by atoms with Crippen molar-refractivity contribution < 1.29 is 24.2 Å². The van der Waals surface area contributed by atoms with Gasteiger partial charge in [0.1, 0.15) is 11.6 Å². The zero-order valence-corrected chi connectivity index (χ0v) is 24.1. The molecule has 1 aromatic carbocycles. The summed E-state index contributed by atoms with van der Waals surface area (Å²) in [6.07, 6.45) is 4.54. The second-order valence-electron chi connectivity index (χ2n) is 11.1. The molecule has 0 radical (unpaired) electrons. The van der Waals surface area contributed by atoms with Crippen LogP contribution in [-0.4, -0.2) is 83.2 Å². The largest absolute Gasteiger partial charge is 0.394 e. The van der Waals surface area contributed by atoms with Crippen LogP contribution in [0.4, 0.5) is 5.69 Å². The highest BCUT2D eigenvalue weighted by molar-refractivity contribution is 6.34. The van der Waals surface area contributed by atoms with E-state index >= 15 is 0 Å². The molecule has 1 N–H and O–H groups in total. The van der Waals surface area contributed by atoms with Gasteiger partial charge in [-0.15, -0.1) is 13.2 Å². The summed E-state index contributed by atoms with van der Waals surface area (Å²) in [6, 6.07) is 3.78. The van der Waals surface area contributed by atoms with Crippen molar-refractivity contribution in [3.05, 3.63) is 54.1 Å². The number of ether oxygens (including phenoxy) is 1. The first-order valence-electron chi connectivity index (χ1n) is 13.7. The maximum atomic E-state index is 14.7. The molecule has 4 rings (SSSR count). The number of para-hydroxylation sites is 1. The summed E-state index contributed by atoms with van der Waals surface area (Å²) in [5.41, 5.74) is 0.175. The van der Waals surface area contributed by atoms with Gasteiger partial charge in [0.2, 0.25) is 11.8 Å². The Labute approximate surface area is 236 Å². The number of aliphatic hydroxyl groups excluding tert-OH is 1. The van der Waals surface area contributed by atoms with E-state index in [0.29, 0.717) is 36.5 Å². The average Bonchev–Trinajstić information content (AvgIpc) is 3.55. The van der Waals surface area contributed by atoms with Crippen molar-refractivity contribution in [3.63, 3.8) is 0 Å². The highest BCUT2D eigenvalue weighted by atomic mass is 35.5. The van der Waals surface area contributed by atoms with Gasteiger partial charge in [-0.2, -0.15) is 0 Å². The number of amides is 3. The Bertz CT molecular complexity index is 1140. The highest BCUT2D eigenvalue weighted by Gasteiger charge is 2.75. The Kier molecular flexibility index (Phi) is 8.59. The molecule has 3 amide bonds. The van der Waals surface area contributed by atoms with Crippen LogP contribution in [0.25, 0.3) is 0 Å². The van der Waals surface area contributed by atoms with Crippen LogP contribution in [0.3, 0.4) is 0 Å². The number of benzene rings is 1. The van der Waals surface area contributed by atoms with Crippen LogP contribution in [0.1, 0.15) is 38.7 Å². The molecule has 212 valence electrons. The first-order chi connectivity index (χ1) is 18.6. The van der Waals surface area contributed by atoms with Gasteiger partial charge in [0.05, 0.1) is 41.3 Å². The fourth-order valence-corrected chi connectivity index (χ4v) is 7.22. The Morgan fingerprint density at radius 2 is 1.97 bits per heavy atom. The second kappa shape index (κ2) is 11.4. The first-order valence-corrected chi connectivity index (χ1v) is 14.1. The maximum Gasteiger partial charge on any atom is 0.253 e. The second-order valence-corrected chi connectivity index (χ2v) is 11.5. The normalized spacial score (nSPS) is 28.7. The molecule has 3 heterocycles. The zero-order valence-electron chi connectivity index (χ0n) is 23.3. The van der Waals surface area contributed by atoms with Crippen molar-refractivity contribution in [1.29, 1.82) is 0 Å². The van der Waals surface area contributed by atoms with Gasteiger partial charge >= 0.3 is 0 Å². The van der Waals surface area contributed by atoms with Crippen LogP contribution in [0.2, 0.25) is 5.02 Å². The molecule has 3 saturated heterocycles. The van der Waals surface area contributed by atoms with E-state index in [0.717, 1.165) is 5.56 Å². The summed E-state index contributed by atoms with van der Waals surface area (Å²) in [5, 5.41) is 10.9. The zero-order chi connectivity index (χ0) is 28.6. The lowest BCUT2D eigenvalue weighted by Crippen LogP contribution is -2.60. The number of anilines is 1. The van der Waals surface area contributed by atoms with Crippen LogP contribution >= 0.6 is 11.6 Å². The van der Waals surface area contributed by atoms with Crippen LogP contribution in [0, 0.1) is 24.7 Å². The van der Waals surface area contributed by atoms with Crippen molar-refractivity contribution in [3.8, 4) is 0 Å². The molecule has 3 fully saturated rings. The quantitative estimate of drug-likeness (QED) is 0.420. The van der Waals surface area contributed by atoms with Gasteiger partial charge < -0.3 is 24.5 Å². The lowest BCUT2D eigenvalue weighted by atomic mass is 9.70. The summed E-state index contributed by atoms with van der Waals surface area (Å²) in [7, 11) is 1.68.